The molecule has 1 aromatic heterocycles. The second kappa shape index (κ2) is 9.89. The molecule has 0 aliphatic heterocycles. The van der Waals surface area contributed by atoms with Gasteiger partial charge in [0.05, 0.1) is 18.3 Å². The highest BCUT2D eigenvalue weighted by Gasteiger charge is 2.22. The van der Waals surface area contributed by atoms with E-state index < -0.39 is 17.2 Å². The number of carbonyl (C=O) groups is 1. The lowest BCUT2D eigenvalue weighted by Crippen LogP contribution is -2.46. The lowest BCUT2D eigenvalue weighted by atomic mass is 10.1. The van der Waals surface area contributed by atoms with Gasteiger partial charge in [-0.15, -0.1) is 0 Å². The van der Waals surface area contributed by atoms with Crippen molar-refractivity contribution in [2.24, 2.45) is 0 Å². The van der Waals surface area contributed by atoms with Gasteiger partial charge in [-0.3, -0.25) is 14.2 Å². The van der Waals surface area contributed by atoms with Crippen molar-refractivity contribution in [3.05, 3.63) is 127 Å². The lowest BCUT2D eigenvalue weighted by Gasteiger charge is -2.16. The van der Waals surface area contributed by atoms with E-state index in [4.69, 9.17) is 11.6 Å². The van der Waals surface area contributed by atoms with Crippen LogP contribution in [0.4, 0.5) is 0 Å². The van der Waals surface area contributed by atoms with Crippen LogP contribution >= 0.6 is 11.6 Å². The van der Waals surface area contributed by atoms with Crippen LogP contribution in [0.25, 0.3) is 5.69 Å². The highest BCUT2D eigenvalue weighted by atomic mass is 35.5. The van der Waals surface area contributed by atoms with Gasteiger partial charge in [-0.25, -0.2) is 4.79 Å². The molecule has 1 atom stereocenters. The third-order valence-corrected chi connectivity index (χ3v) is 5.83. The molecule has 1 heterocycles. The largest absolute Gasteiger partial charge is 0.352 e. The maximum atomic E-state index is 13.3. The molecule has 172 valence electrons. The Labute approximate surface area is 201 Å². The summed E-state index contributed by atoms with van der Waals surface area (Å²) in [5.41, 5.74) is 1.21. The van der Waals surface area contributed by atoms with Crippen LogP contribution in [0.5, 0.6) is 0 Å². The molecule has 0 radical (unpaired) electrons. The first-order valence-electron chi connectivity index (χ1n) is 10.8. The van der Waals surface area contributed by atoms with Crippen molar-refractivity contribution in [3.8, 4) is 5.69 Å². The minimum Gasteiger partial charge on any atom is -0.344 e. The summed E-state index contributed by atoms with van der Waals surface area (Å²) >= 11 is 5.99. The summed E-state index contributed by atoms with van der Waals surface area (Å²) in [6, 6.07) is 22.9. The minimum absolute atomic E-state index is 0.00890. The standard InChI is InChI=1S/C26H23ClN4O3/c1-17-8-6-7-11-20(17)16-30-25(33)23(24(32)28-18(2)19-9-4-3-5-10-19)29-31(26(30)34)22-14-12-21(27)13-15-22/h3-15,18H,16H2,1-2H3,(H,28,32)/t18-/m1/s1. The molecule has 0 bridgehead atoms. The van der Waals surface area contributed by atoms with Gasteiger partial charge in [0, 0.05) is 5.02 Å². The first-order valence-corrected chi connectivity index (χ1v) is 11.1. The van der Waals surface area contributed by atoms with Crippen LogP contribution in [-0.2, 0) is 6.54 Å². The summed E-state index contributed by atoms with van der Waals surface area (Å²) in [6.45, 7) is 3.72. The number of benzene rings is 3. The molecule has 0 unspecified atom stereocenters. The average molecular weight is 475 g/mol. The van der Waals surface area contributed by atoms with Gasteiger partial charge in [-0.05, 0) is 54.8 Å². The maximum Gasteiger partial charge on any atom is 0.352 e. The summed E-state index contributed by atoms with van der Waals surface area (Å²) in [5, 5.41) is 7.46. The zero-order chi connectivity index (χ0) is 24.2. The Balaban J connectivity index is 1.82. The van der Waals surface area contributed by atoms with Gasteiger partial charge < -0.3 is 5.32 Å². The molecule has 0 saturated carbocycles. The zero-order valence-electron chi connectivity index (χ0n) is 18.7. The fraction of sp³-hybridized carbons (Fsp3) is 0.154. The predicted octanol–water partition coefficient (Wildman–Crippen LogP) is 3.90. The SMILES string of the molecule is Cc1ccccc1Cn1c(=O)c(C(=O)N[C@H](C)c2ccccc2)nn(-c2ccc(Cl)cc2)c1=O. The van der Waals surface area contributed by atoms with Gasteiger partial charge in [0.2, 0.25) is 5.69 Å². The first-order chi connectivity index (χ1) is 16.3. The van der Waals surface area contributed by atoms with Gasteiger partial charge in [0.25, 0.3) is 11.5 Å². The molecule has 1 N–H and O–H groups in total. The topological polar surface area (TPSA) is 86.0 Å². The van der Waals surface area contributed by atoms with E-state index in [2.05, 4.69) is 10.4 Å². The normalized spacial score (nSPS) is 11.7. The second-order valence-corrected chi connectivity index (χ2v) is 8.38. The van der Waals surface area contributed by atoms with Crippen LogP contribution in [-0.4, -0.2) is 20.3 Å². The molecule has 1 amide bonds. The van der Waals surface area contributed by atoms with Crippen molar-refractivity contribution in [2.75, 3.05) is 0 Å². The highest BCUT2D eigenvalue weighted by molar-refractivity contribution is 6.30. The number of halogens is 1. The van der Waals surface area contributed by atoms with Crippen LogP contribution in [0.3, 0.4) is 0 Å². The molecule has 4 rings (SSSR count). The fourth-order valence-corrected chi connectivity index (χ4v) is 3.72. The van der Waals surface area contributed by atoms with Crippen molar-refractivity contribution in [1.82, 2.24) is 19.7 Å². The van der Waals surface area contributed by atoms with Gasteiger partial charge in [0.1, 0.15) is 0 Å². The smallest absolute Gasteiger partial charge is 0.344 e. The minimum atomic E-state index is -0.753. The number of hydrogen-bond acceptors (Lipinski definition) is 4. The summed E-state index contributed by atoms with van der Waals surface area (Å²) in [4.78, 5) is 39.8. The molecule has 4 aromatic rings. The number of amides is 1. The van der Waals surface area contributed by atoms with Crippen LogP contribution in [0.15, 0.2) is 88.5 Å². The molecule has 0 spiro atoms. The second-order valence-electron chi connectivity index (χ2n) is 7.94. The third kappa shape index (κ3) is 4.84. The van der Waals surface area contributed by atoms with E-state index in [0.29, 0.717) is 10.7 Å². The Morgan fingerprint density at radius 2 is 1.62 bits per heavy atom. The quantitative estimate of drug-likeness (QED) is 0.459. The first kappa shape index (κ1) is 23.2. The number of rotatable bonds is 6. The molecular weight excluding hydrogens is 452 g/mol. The number of nitrogens with one attached hydrogen (secondary N) is 1. The third-order valence-electron chi connectivity index (χ3n) is 5.58. The molecule has 0 fully saturated rings. The van der Waals surface area contributed by atoms with Crippen molar-refractivity contribution in [1.29, 1.82) is 0 Å². The van der Waals surface area contributed by atoms with E-state index >= 15 is 0 Å². The van der Waals surface area contributed by atoms with Gasteiger partial charge in [-0.1, -0.05) is 66.2 Å². The molecule has 0 aliphatic rings. The van der Waals surface area contributed by atoms with Crippen LogP contribution in [0.2, 0.25) is 5.02 Å². The summed E-state index contributed by atoms with van der Waals surface area (Å²) in [6.07, 6.45) is 0. The Morgan fingerprint density at radius 3 is 2.29 bits per heavy atom. The van der Waals surface area contributed by atoms with Crippen LogP contribution in [0.1, 0.15) is 40.1 Å². The van der Waals surface area contributed by atoms with Crippen molar-refractivity contribution in [2.45, 2.75) is 26.4 Å². The number of hydrogen-bond donors (Lipinski definition) is 1. The Hall–Kier alpha value is -3.97. The molecule has 7 nitrogen and oxygen atoms in total. The Kier molecular flexibility index (Phi) is 6.75. The molecule has 0 aliphatic carbocycles. The maximum absolute atomic E-state index is 13.3. The monoisotopic (exact) mass is 474 g/mol. The summed E-state index contributed by atoms with van der Waals surface area (Å²) in [5.74, 6) is -0.664. The van der Waals surface area contributed by atoms with Crippen LogP contribution < -0.4 is 16.6 Å². The number of aromatic nitrogens is 3. The van der Waals surface area contributed by atoms with Gasteiger partial charge in [0.15, 0.2) is 0 Å². The van der Waals surface area contributed by atoms with E-state index in [0.717, 1.165) is 25.9 Å². The molecule has 8 heteroatoms. The van der Waals surface area contributed by atoms with E-state index in [-0.39, 0.29) is 18.3 Å². The summed E-state index contributed by atoms with van der Waals surface area (Å²) in [7, 11) is 0. The number of aryl methyl sites for hydroxylation is 1. The van der Waals surface area contributed by atoms with E-state index in [1.54, 1.807) is 24.3 Å². The van der Waals surface area contributed by atoms with Gasteiger partial charge in [-0.2, -0.15) is 9.78 Å². The van der Waals surface area contributed by atoms with E-state index in [1.165, 1.54) is 0 Å². The molecule has 34 heavy (non-hydrogen) atoms. The average Bonchev–Trinajstić information content (AvgIpc) is 2.84. The Morgan fingerprint density at radius 1 is 0.971 bits per heavy atom. The van der Waals surface area contributed by atoms with Crippen molar-refractivity contribution in [3.63, 3.8) is 0 Å². The summed E-state index contributed by atoms with van der Waals surface area (Å²) < 4.78 is 2.09. The number of nitrogens with zero attached hydrogens (tertiary/aromatic N) is 3. The lowest BCUT2D eigenvalue weighted by molar-refractivity contribution is 0.0930. The molecule has 0 saturated heterocycles. The zero-order valence-corrected chi connectivity index (χ0v) is 19.5. The van der Waals surface area contributed by atoms with Crippen molar-refractivity contribution < 1.29 is 4.79 Å². The molecule has 3 aromatic carbocycles. The van der Waals surface area contributed by atoms with Crippen LogP contribution in [0, 0.1) is 6.92 Å². The van der Waals surface area contributed by atoms with Gasteiger partial charge >= 0.3 is 5.69 Å². The van der Waals surface area contributed by atoms with Crippen molar-refractivity contribution >= 4 is 17.5 Å². The predicted molar refractivity (Wildman–Crippen MR) is 132 cm³/mol. The molecular formula is C26H23ClN4O3. The van der Waals surface area contributed by atoms with E-state index in [9.17, 15) is 14.4 Å². The van der Waals surface area contributed by atoms with E-state index in [1.807, 2.05) is 68.4 Å². The number of carbonyl (C=O) groups excluding carboxylic acids is 1. The highest BCUT2D eigenvalue weighted by Crippen LogP contribution is 2.13. The fourth-order valence-electron chi connectivity index (χ4n) is 3.59. The Bertz CT molecular complexity index is 1440.